The summed E-state index contributed by atoms with van der Waals surface area (Å²) in [5, 5.41) is 0. The van der Waals surface area contributed by atoms with Crippen LogP contribution < -0.4 is 5.73 Å². The van der Waals surface area contributed by atoms with Crippen LogP contribution in [0, 0.1) is 0 Å². The van der Waals surface area contributed by atoms with Gasteiger partial charge in [-0.1, -0.05) is 72.8 Å². The lowest BCUT2D eigenvalue weighted by Gasteiger charge is -2.08. The highest BCUT2D eigenvalue weighted by Crippen LogP contribution is 2.12. The van der Waals surface area contributed by atoms with Crippen molar-refractivity contribution in [1.29, 1.82) is 0 Å². The number of hydrogen-bond acceptors (Lipinski definition) is 3. The zero-order valence-corrected chi connectivity index (χ0v) is 16.6. The Labute approximate surface area is 167 Å². The average molecular weight is 378 g/mol. The average Bonchev–Trinajstić information content (AvgIpc) is 2.67. The number of ketones is 1. The molecule has 2 aromatic rings. The predicted molar refractivity (Wildman–Crippen MR) is 118 cm³/mol. The minimum Gasteiger partial charge on any atom is -0.324 e. The summed E-state index contributed by atoms with van der Waals surface area (Å²) in [6, 6.07) is 18.4. The molecule has 3 heteroatoms. The second kappa shape index (κ2) is 11.4. The normalized spacial score (nSPS) is 15.8. The number of Topliss-reactive ketones (excluding diaryl/α,β-unsaturated/α-hetero) is 1. The van der Waals surface area contributed by atoms with E-state index >= 15 is 0 Å². The molecule has 1 aliphatic carbocycles. The fraction of sp³-hybridized carbons (Fsp3) is 0.208. The van der Waals surface area contributed by atoms with Crippen molar-refractivity contribution in [3.8, 4) is 0 Å². The summed E-state index contributed by atoms with van der Waals surface area (Å²) in [6.45, 7) is 1.62. The summed E-state index contributed by atoms with van der Waals surface area (Å²) in [5.41, 5.74) is 9.39. The highest BCUT2D eigenvalue weighted by atomic mass is 32.1. The second-order valence-electron chi connectivity index (χ2n) is 6.58. The van der Waals surface area contributed by atoms with Crippen molar-refractivity contribution in [2.24, 2.45) is 5.73 Å². The largest absolute Gasteiger partial charge is 0.324 e. The number of allylic oxidation sites excluding steroid dienone is 3. The van der Waals surface area contributed by atoms with Crippen LogP contribution in [-0.2, 0) is 11.2 Å². The van der Waals surface area contributed by atoms with E-state index in [1.165, 1.54) is 16.7 Å². The number of carbonyl (C=O) groups excluding carboxylic acids is 1. The number of carbonyl (C=O) groups is 1. The Hall–Kier alpha value is -2.36. The molecule has 0 radical (unpaired) electrons. The van der Waals surface area contributed by atoms with Gasteiger partial charge in [-0.05, 0) is 48.6 Å². The zero-order valence-electron chi connectivity index (χ0n) is 15.7. The fourth-order valence-electron chi connectivity index (χ4n) is 2.57. The van der Waals surface area contributed by atoms with Crippen LogP contribution in [0.5, 0.6) is 0 Å². The van der Waals surface area contributed by atoms with Crippen molar-refractivity contribution in [2.45, 2.75) is 37.1 Å². The summed E-state index contributed by atoms with van der Waals surface area (Å²) >= 11 is 4.21. The van der Waals surface area contributed by atoms with Crippen LogP contribution in [-0.4, -0.2) is 11.8 Å². The van der Waals surface area contributed by atoms with Crippen molar-refractivity contribution < 1.29 is 4.79 Å². The fourth-order valence-corrected chi connectivity index (χ4v) is 2.82. The SMILES string of the molecule is CC(=O)CCc1cccc(S)c1.NC1C=CC(/C=C/c2ccccc2)=CC1. The van der Waals surface area contributed by atoms with E-state index in [0.717, 1.165) is 17.7 Å². The predicted octanol–water partition coefficient (Wildman–Crippen LogP) is 5.41. The first-order valence-electron chi connectivity index (χ1n) is 9.17. The minimum atomic E-state index is 0.193. The van der Waals surface area contributed by atoms with Crippen molar-refractivity contribution in [1.82, 2.24) is 0 Å². The molecule has 0 aromatic heterocycles. The van der Waals surface area contributed by atoms with Gasteiger partial charge in [0.15, 0.2) is 0 Å². The molecule has 1 aliphatic rings. The van der Waals surface area contributed by atoms with Crippen molar-refractivity contribution in [3.05, 3.63) is 95.6 Å². The number of nitrogens with two attached hydrogens (primary N) is 1. The van der Waals surface area contributed by atoms with Gasteiger partial charge in [0.1, 0.15) is 5.78 Å². The van der Waals surface area contributed by atoms with E-state index in [2.05, 4.69) is 49.1 Å². The summed E-state index contributed by atoms with van der Waals surface area (Å²) in [5.74, 6) is 0.236. The van der Waals surface area contributed by atoms with Crippen molar-refractivity contribution in [2.75, 3.05) is 0 Å². The molecule has 0 saturated heterocycles. The Balaban J connectivity index is 0.000000199. The van der Waals surface area contributed by atoms with Crippen LogP contribution in [0.15, 0.2) is 89.4 Å². The Bertz CT molecular complexity index is 821. The lowest BCUT2D eigenvalue weighted by atomic mass is 10.0. The first-order chi connectivity index (χ1) is 13.0. The van der Waals surface area contributed by atoms with Crippen LogP contribution in [0.2, 0.25) is 0 Å². The van der Waals surface area contributed by atoms with Gasteiger partial charge in [0, 0.05) is 17.4 Å². The third kappa shape index (κ3) is 8.72. The molecule has 0 spiro atoms. The van der Waals surface area contributed by atoms with Gasteiger partial charge in [-0.25, -0.2) is 0 Å². The molecule has 1 atom stereocenters. The number of thiol groups is 1. The Morgan fingerprint density at radius 1 is 1.15 bits per heavy atom. The molecule has 0 bridgehead atoms. The Morgan fingerprint density at radius 2 is 1.93 bits per heavy atom. The van der Waals surface area contributed by atoms with Crippen LogP contribution in [0.4, 0.5) is 0 Å². The zero-order chi connectivity index (χ0) is 19.5. The van der Waals surface area contributed by atoms with Crippen LogP contribution in [0.25, 0.3) is 6.08 Å². The molecule has 0 fully saturated rings. The van der Waals surface area contributed by atoms with Gasteiger partial charge < -0.3 is 10.5 Å². The molecule has 1 unspecified atom stereocenters. The maximum Gasteiger partial charge on any atom is 0.130 e. The molecule has 0 amide bonds. The molecule has 27 heavy (non-hydrogen) atoms. The van der Waals surface area contributed by atoms with Gasteiger partial charge in [0.2, 0.25) is 0 Å². The van der Waals surface area contributed by atoms with Gasteiger partial charge in [-0.15, -0.1) is 12.6 Å². The molecule has 2 N–H and O–H groups in total. The highest BCUT2D eigenvalue weighted by Gasteiger charge is 2.00. The number of rotatable bonds is 5. The lowest BCUT2D eigenvalue weighted by Crippen LogP contribution is -2.17. The third-order valence-electron chi connectivity index (χ3n) is 4.11. The van der Waals surface area contributed by atoms with Gasteiger partial charge in [0.05, 0.1) is 0 Å². The molecule has 0 aliphatic heterocycles. The van der Waals surface area contributed by atoms with E-state index in [9.17, 15) is 4.79 Å². The van der Waals surface area contributed by atoms with Gasteiger partial charge in [0.25, 0.3) is 0 Å². The van der Waals surface area contributed by atoms with E-state index in [-0.39, 0.29) is 11.8 Å². The lowest BCUT2D eigenvalue weighted by molar-refractivity contribution is -0.116. The standard InChI is InChI=1S/C14H15N.C10H12OS/c15-14-10-8-13(9-11-14)7-6-12-4-2-1-3-5-12;1-8(11)5-6-9-3-2-4-10(12)7-9/h1-10,14H,11,15H2;2-4,7,12H,5-6H2,1H3/b7-6+;. The van der Waals surface area contributed by atoms with Crippen molar-refractivity contribution >= 4 is 24.5 Å². The van der Waals surface area contributed by atoms with Gasteiger partial charge >= 0.3 is 0 Å². The minimum absolute atomic E-state index is 0.193. The molecule has 2 nitrogen and oxygen atoms in total. The van der Waals surface area contributed by atoms with Gasteiger partial charge in [-0.3, -0.25) is 0 Å². The molecular formula is C24H27NOS. The van der Waals surface area contributed by atoms with E-state index in [4.69, 9.17) is 5.73 Å². The summed E-state index contributed by atoms with van der Waals surface area (Å²) < 4.78 is 0. The van der Waals surface area contributed by atoms with E-state index in [1.54, 1.807) is 6.92 Å². The number of benzene rings is 2. The molecular weight excluding hydrogens is 350 g/mol. The summed E-state index contributed by atoms with van der Waals surface area (Å²) in [4.78, 5) is 11.6. The number of aryl methyl sites for hydroxylation is 1. The van der Waals surface area contributed by atoms with Crippen LogP contribution >= 0.6 is 12.6 Å². The quantitative estimate of drug-likeness (QED) is 0.684. The van der Waals surface area contributed by atoms with E-state index in [1.807, 2.05) is 48.5 Å². The van der Waals surface area contributed by atoms with Crippen LogP contribution in [0.1, 0.15) is 30.9 Å². The molecule has 0 saturated carbocycles. The Morgan fingerprint density at radius 3 is 2.56 bits per heavy atom. The van der Waals surface area contributed by atoms with E-state index in [0.29, 0.717) is 6.42 Å². The highest BCUT2D eigenvalue weighted by molar-refractivity contribution is 7.80. The monoisotopic (exact) mass is 377 g/mol. The van der Waals surface area contributed by atoms with Gasteiger partial charge in [-0.2, -0.15) is 0 Å². The molecule has 140 valence electrons. The molecule has 2 aromatic carbocycles. The first-order valence-corrected chi connectivity index (χ1v) is 9.62. The molecule has 3 rings (SSSR count). The second-order valence-corrected chi connectivity index (χ2v) is 7.10. The third-order valence-corrected chi connectivity index (χ3v) is 4.38. The van der Waals surface area contributed by atoms with Crippen molar-refractivity contribution in [3.63, 3.8) is 0 Å². The topological polar surface area (TPSA) is 43.1 Å². The maximum absolute atomic E-state index is 10.7. The first kappa shape index (κ1) is 20.9. The summed E-state index contributed by atoms with van der Waals surface area (Å²) in [6.07, 6.45) is 12.9. The van der Waals surface area contributed by atoms with E-state index < -0.39 is 0 Å². The Kier molecular flexibility index (Phi) is 8.82. The smallest absolute Gasteiger partial charge is 0.130 e. The number of hydrogen-bond donors (Lipinski definition) is 2. The maximum atomic E-state index is 10.7. The molecule has 0 heterocycles. The van der Waals surface area contributed by atoms with Crippen LogP contribution in [0.3, 0.4) is 0 Å². The summed E-state index contributed by atoms with van der Waals surface area (Å²) in [7, 11) is 0.